The summed E-state index contributed by atoms with van der Waals surface area (Å²) in [6.45, 7) is 2.67. The van der Waals surface area contributed by atoms with Crippen LogP contribution in [-0.4, -0.2) is 37.1 Å². The predicted molar refractivity (Wildman–Crippen MR) is 70.0 cm³/mol. The summed E-state index contributed by atoms with van der Waals surface area (Å²) in [7, 11) is 1.40. The first-order chi connectivity index (χ1) is 8.69. The SMILES string of the molecule is COC(=O)CC(N)CN1CCc2ccccc2C1. The Bertz CT molecular complexity index is 420. The zero-order valence-electron chi connectivity index (χ0n) is 10.8. The molecule has 4 heteroatoms. The first-order valence-electron chi connectivity index (χ1n) is 6.30. The van der Waals surface area contributed by atoms with Crippen molar-refractivity contribution in [3.63, 3.8) is 0 Å². The Kier molecular flexibility index (Phi) is 4.33. The molecule has 0 fully saturated rings. The molecule has 1 atom stereocenters. The molecule has 0 spiro atoms. The Hall–Kier alpha value is -1.39. The molecule has 1 heterocycles. The molecular weight excluding hydrogens is 228 g/mol. The lowest BCUT2D eigenvalue weighted by Crippen LogP contribution is -2.41. The van der Waals surface area contributed by atoms with Gasteiger partial charge in [0.05, 0.1) is 13.5 Å². The number of rotatable bonds is 4. The van der Waals surface area contributed by atoms with Crippen LogP contribution in [0.1, 0.15) is 17.5 Å². The van der Waals surface area contributed by atoms with Crippen LogP contribution in [0.25, 0.3) is 0 Å². The highest BCUT2D eigenvalue weighted by Gasteiger charge is 2.19. The van der Waals surface area contributed by atoms with Crippen LogP contribution in [0, 0.1) is 0 Å². The van der Waals surface area contributed by atoms with E-state index in [1.165, 1.54) is 18.2 Å². The number of ether oxygens (including phenoxy) is 1. The van der Waals surface area contributed by atoms with Crippen LogP contribution in [0.15, 0.2) is 24.3 Å². The average molecular weight is 248 g/mol. The third-order valence-corrected chi connectivity index (χ3v) is 3.36. The van der Waals surface area contributed by atoms with Crippen LogP contribution in [0.4, 0.5) is 0 Å². The Morgan fingerprint density at radius 1 is 1.44 bits per heavy atom. The molecule has 0 saturated carbocycles. The molecule has 2 N–H and O–H groups in total. The quantitative estimate of drug-likeness (QED) is 0.806. The third-order valence-electron chi connectivity index (χ3n) is 3.36. The molecule has 0 radical (unpaired) electrons. The maximum Gasteiger partial charge on any atom is 0.307 e. The normalized spacial score (nSPS) is 17.0. The van der Waals surface area contributed by atoms with Crippen molar-refractivity contribution in [3.05, 3.63) is 35.4 Å². The summed E-state index contributed by atoms with van der Waals surface area (Å²) in [4.78, 5) is 13.4. The minimum atomic E-state index is -0.236. The monoisotopic (exact) mass is 248 g/mol. The van der Waals surface area contributed by atoms with Gasteiger partial charge in [0.25, 0.3) is 0 Å². The van der Waals surface area contributed by atoms with Crippen molar-refractivity contribution in [3.8, 4) is 0 Å². The topological polar surface area (TPSA) is 55.6 Å². The van der Waals surface area contributed by atoms with Gasteiger partial charge in [0.15, 0.2) is 0 Å². The Morgan fingerprint density at radius 2 is 2.17 bits per heavy atom. The molecular formula is C14H20N2O2. The second-order valence-corrected chi connectivity index (χ2v) is 4.79. The highest BCUT2D eigenvalue weighted by atomic mass is 16.5. The zero-order chi connectivity index (χ0) is 13.0. The summed E-state index contributed by atoms with van der Waals surface area (Å²) in [5.41, 5.74) is 8.75. The van der Waals surface area contributed by atoms with Crippen molar-refractivity contribution in [1.29, 1.82) is 0 Å². The van der Waals surface area contributed by atoms with E-state index in [1.807, 2.05) is 0 Å². The fraction of sp³-hybridized carbons (Fsp3) is 0.500. The largest absolute Gasteiger partial charge is 0.469 e. The van der Waals surface area contributed by atoms with Crippen molar-refractivity contribution >= 4 is 5.97 Å². The number of carbonyl (C=O) groups is 1. The number of hydrogen-bond donors (Lipinski definition) is 1. The molecule has 1 aromatic carbocycles. The minimum Gasteiger partial charge on any atom is -0.469 e. The molecule has 1 aliphatic heterocycles. The number of fused-ring (bicyclic) bond motifs is 1. The van der Waals surface area contributed by atoms with E-state index in [1.54, 1.807) is 0 Å². The smallest absolute Gasteiger partial charge is 0.307 e. The number of nitrogens with zero attached hydrogens (tertiary/aromatic N) is 1. The van der Waals surface area contributed by atoms with Crippen molar-refractivity contribution in [1.82, 2.24) is 4.90 Å². The second kappa shape index (κ2) is 5.98. The van der Waals surface area contributed by atoms with E-state index in [9.17, 15) is 4.79 Å². The molecule has 98 valence electrons. The first-order valence-corrected chi connectivity index (χ1v) is 6.30. The van der Waals surface area contributed by atoms with Gasteiger partial charge in [-0.15, -0.1) is 0 Å². The summed E-state index contributed by atoms with van der Waals surface area (Å²) >= 11 is 0. The third kappa shape index (κ3) is 3.31. The van der Waals surface area contributed by atoms with Gasteiger partial charge in [-0.25, -0.2) is 0 Å². The van der Waals surface area contributed by atoms with Crippen LogP contribution in [0.3, 0.4) is 0 Å². The first kappa shape index (κ1) is 13.1. The van der Waals surface area contributed by atoms with Gasteiger partial charge in [-0.05, 0) is 17.5 Å². The summed E-state index contributed by atoms with van der Waals surface area (Å²) in [6, 6.07) is 8.34. The fourth-order valence-electron chi connectivity index (χ4n) is 2.40. The standard InChI is InChI=1S/C14H20N2O2/c1-18-14(17)8-13(15)10-16-7-6-11-4-2-3-5-12(11)9-16/h2-5,13H,6-10,15H2,1H3. The van der Waals surface area contributed by atoms with Crippen molar-refractivity contribution in [2.75, 3.05) is 20.2 Å². The van der Waals surface area contributed by atoms with E-state index >= 15 is 0 Å². The number of benzene rings is 1. The summed E-state index contributed by atoms with van der Waals surface area (Å²) in [5.74, 6) is -0.236. The van der Waals surface area contributed by atoms with Crippen molar-refractivity contribution in [2.24, 2.45) is 5.73 Å². The van der Waals surface area contributed by atoms with Crippen LogP contribution >= 0.6 is 0 Å². The highest BCUT2D eigenvalue weighted by Crippen LogP contribution is 2.18. The van der Waals surface area contributed by atoms with Gasteiger partial charge >= 0.3 is 5.97 Å². The lowest BCUT2D eigenvalue weighted by molar-refractivity contribution is -0.141. The number of methoxy groups -OCH3 is 1. The lowest BCUT2D eigenvalue weighted by atomic mass is 9.99. The van der Waals surface area contributed by atoms with E-state index in [4.69, 9.17) is 5.73 Å². The molecule has 0 bridgehead atoms. The van der Waals surface area contributed by atoms with E-state index in [0.29, 0.717) is 0 Å². The molecule has 1 unspecified atom stereocenters. The molecule has 4 nitrogen and oxygen atoms in total. The lowest BCUT2D eigenvalue weighted by Gasteiger charge is -2.30. The van der Waals surface area contributed by atoms with Gasteiger partial charge in [0.2, 0.25) is 0 Å². The van der Waals surface area contributed by atoms with Gasteiger partial charge in [0, 0.05) is 25.7 Å². The van der Waals surface area contributed by atoms with Crippen molar-refractivity contribution < 1.29 is 9.53 Å². The summed E-state index contributed by atoms with van der Waals surface area (Å²) < 4.78 is 4.63. The molecule has 0 aromatic heterocycles. The maximum atomic E-state index is 11.1. The Morgan fingerprint density at radius 3 is 2.89 bits per heavy atom. The summed E-state index contributed by atoms with van der Waals surface area (Å²) in [5, 5.41) is 0. The second-order valence-electron chi connectivity index (χ2n) is 4.79. The van der Waals surface area contributed by atoms with Crippen LogP contribution in [0.5, 0.6) is 0 Å². The minimum absolute atomic E-state index is 0.150. The zero-order valence-corrected chi connectivity index (χ0v) is 10.8. The van der Waals surface area contributed by atoms with Gasteiger partial charge in [-0.3, -0.25) is 9.69 Å². The number of nitrogens with two attached hydrogens (primary N) is 1. The number of carbonyl (C=O) groups excluding carboxylic acids is 1. The van der Waals surface area contributed by atoms with Crippen LogP contribution in [0.2, 0.25) is 0 Å². The molecule has 2 rings (SSSR count). The van der Waals surface area contributed by atoms with Gasteiger partial charge < -0.3 is 10.5 Å². The van der Waals surface area contributed by atoms with E-state index in [0.717, 1.165) is 26.1 Å². The van der Waals surface area contributed by atoms with Gasteiger partial charge in [-0.1, -0.05) is 24.3 Å². The Balaban J connectivity index is 1.88. The maximum absolute atomic E-state index is 11.1. The summed E-state index contributed by atoms with van der Waals surface area (Å²) in [6.07, 6.45) is 1.34. The average Bonchev–Trinajstić information content (AvgIpc) is 2.38. The molecule has 0 saturated heterocycles. The molecule has 1 aromatic rings. The fourth-order valence-corrected chi connectivity index (χ4v) is 2.40. The van der Waals surface area contributed by atoms with Crippen molar-refractivity contribution in [2.45, 2.75) is 25.4 Å². The molecule has 0 amide bonds. The van der Waals surface area contributed by atoms with Crippen LogP contribution < -0.4 is 5.73 Å². The number of hydrogen-bond acceptors (Lipinski definition) is 4. The Labute approximate surface area is 108 Å². The van der Waals surface area contributed by atoms with E-state index in [-0.39, 0.29) is 18.4 Å². The van der Waals surface area contributed by atoms with Gasteiger partial charge in [-0.2, -0.15) is 0 Å². The molecule has 1 aliphatic rings. The molecule has 18 heavy (non-hydrogen) atoms. The van der Waals surface area contributed by atoms with Gasteiger partial charge in [0.1, 0.15) is 0 Å². The van der Waals surface area contributed by atoms with E-state index < -0.39 is 0 Å². The molecule has 0 aliphatic carbocycles. The van der Waals surface area contributed by atoms with E-state index in [2.05, 4.69) is 33.9 Å². The van der Waals surface area contributed by atoms with Crippen LogP contribution in [-0.2, 0) is 22.5 Å². The highest BCUT2D eigenvalue weighted by molar-refractivity contribution is 5.69. The number of esters is 1. The predicted octanol–water partition coefficient (Wildman–Crippen LogP) is 0.935.